The number of carboxylic acids is 1. The Labute approximate surface area is 161 Å². The van der Waals surface area contributed by atoms with Crippen molar-refractivity contribution in [1.29, 1.82) is 0 Å². The summed E-state index contributed by atoms with van der Waals surface area (Å²) in [5.41, 5.74) is 0.736. The monoisotopic (exact) mass is 390 g/mol. The molecule has 1 unspecified atom stereocenters. The van der Waals surface area contributed by atoms with Crippen LogP contribution in [0, 0.1) is 5.92 Å². The van der Waals surface area contributed by atoms with Gasteiger partial charge >= 0.3 is 5.97 Å². The van der Waals surface area contributed by atoms with Crippen molar-refractivity contribution in [3.05, 3.63) is 29.3 Å². The van der Waals surface area contributed by atoms with Crippen molar-refractivity contribution < 1.29 is 24.2 Å². The van der Waals surface area contributed by atoms with E-state index >= 15 is 0 Å². The van der Waals surface area contributed by atoms with Gasteiger partial charge in [0.05, 0.1) is 18.5 Å². The van der Waals surface area contributed by atoms with Crippen LogP contribution in [-0.4, -0.2) is 34.3 Å². The molecule has 2 aromatic rings. The molecule has 1 atom stereocenters. The summed E-state index contributed by atoms with van der Waals surface area (Å²) in [5, 5.41) is 14.6. The van der Waals surface area contributed by atoms with Crippen molar-refractivity contribution in [2.75, 3.05) is 6.79 Å². The van der Waals surface area contributed by atoms with Crippen LogP contribution in [0.4, 0.5) is 0 Å². The maximum absolute atomic E-state index is 12.4. The summed E-state index contributed by atoms with van der Waals surface area (Å²) in [6.07, 6.45) is -0.0289. The van der Waals surface area contributed by atoms with Gasteiger partial charge in [-0.2, -0.15) is 0 Å². The minimum absolute atomic E-state index is 0.0165. The van der Waals surface area contributed by atoms with Gasteiger partial charge in [-0.05, 0) is 31.0 Å². The van der Waals surface area contributed by atoms with Gasteiger partial charge in [0.25, 0.3) is 0 Å². The van der Waals surface area contributed by atoms with E-state index in [4.69, 9.17) is 14.6 Å². The summed E-state index contributed by atoms with van der Waals surface area (Å²) in [6, 6.07) is 5.61. The number of nitrogens with zero attached hydrogens (tertiary/aromatic N) is 1. The lowest BCUT2D eigenvalue weighted by atomic mass is 9.85. The average Bonchev–Trinajstić information content (AvgIpc) is 3.21. The van der Waals surface area contributed by atoms with Gasteiger partial charge in [0.1, 0.15) is 5.01 Å². The lowest BCUT2D eigenvalue weighted by molar-refractivity contribution is -0.139. The standard InChI is InChI=1S/C19H22N2O5S/c1-11(2)19(3,8-17(23)24)21-16(22)7-13-9-27-18(20-13)12-4-5-14-15(6-12)26-10-25-14/h4-6,9,11H,7-8,10H2,1-3H3,(H,21,22)(H,23,24). The molecular weight excluding hydrogens is 368 g/mol. The maximum Gasteiger partial charge on any atom is 0.305 e. The number of rotatable bonds is 7. The molecule has 1 aliphatic rings. The molecule has 1 aliphatic heterocycles. The first-order chi connectivity index (χ1) is 12.8. The fraction of sp³-hybridized carbons (Fsp3) is 0.421. The molecule has 0 bridgehead atoms. The number of carbonyl (C=O) groups excluding carboxylic acids is 1. The molecule has 8 heteroatoms. The van der Waals surface area contributed by atoms with Crippen LogP contribution >= 0.6 is 11.3 Å². The predicted molar refractivity (Wildman–Crippen MR) is 101 cm³/mol. The number of thiazole rings is 1. The minimum Gasteiger partial charge on any atom is -0.481 e. The molecule has 3 rings (SSSR count). The Balaban J connectivity index is 1.68. The zero-order valence-electron chi connectivity index (χ0n) is 15.4. The average molecular weight is 390 g/mol. The molecule has 1 aromatic heterocycles. The molecule has 7 nitrogen and oxygen atoms in total. The number of amides is 1. The van der Waals surface area contributed by atoms with E-state index in [0.717, 1.165) is 10.6 Å². The first-order valence-electron chi connectivity index (χ1n) is 8.64. The van der Waals surface area contributed by atoms with Crippen LogP contribution in [0.2, 0.25) is 0 Å². The lowest BCUT2D eigenvalue weighted by Crippen LogP contribution is -2.51. The molecular formula is C19H22N2O5S. The Morgan fingerprint density at radius 3 is 2.78 bits per heavy atom. The first kappa shape index (κ1) is 19.2. The smallest absolute Gasteiger partial charge is 0.305 e. The fourth-order valence-electron chi connectivity index (χ4n) is 2.78. The van der Waals surface area contributed by atoms with Gasteiger partial charge in [-0.25, -0.2) is 4.98 Å². The highest BCUT2D eigenvalue weighted by molar-refractivity contribution is 7.13. The van der Waals surface area contributed by atoms with Crippen LogP contribution in [0.5, 0.6) is 11.5 Å². The van der Waals surface area contributed by atoms with Gasteiger partial charge in [-0.3, -0.25) is 9.59 Å². The van der Waals surface area contributed by atoms with Crippen molar-refractivity contribution in [1.82, 2.24) is 10.3 Å². The maximum atomic E-state index is 12.4. The molecule has 1 aromatic carbocycles. The highest BCUT2D eigenvalue weighted by Gasteiger charge is 2.32. The molecule has 2 N–H and O–H groups in total. The Morgan fingerprint density at radius 2 is 2.07 bits per heavy atom. The number of carboxylic acid groups (broad SMARTS) is 1. The normalized spacial score (nSPS) is 14.8. The largest absolute Gasteiger partial charge is 0.481 e. The van der Waals surface area contributed by atoms with Gasteiger partial charge in [-0.15, -0.1) is 11.3 Å². The van der Waals surface area contributed by atoms with E-state index < -0.39 is 11.5 Å². The van der Waals surface area contributed by atoms with Gasteiger partial charge in [0.15, 0.2) is 11.5 Å². The highest BCUT2D eigenvalue weighted by Crippen LogP contribution is 2.36. The van der Waals surface area contributed by atoms with Crippen molar-refractivity contribution >= 4 is 23.2 Å². The van der Waals surface area contributed by atoms with Crippen molar-refractivity contribution in [3.63, 3.8) is 0 Å². The van der Waals surface area contributed by atoms with E-state index in [2.05, 4.69) is 10.3 Å². The zero-order valence-corrected chi connectivity index (χ0v) is 16.3. The minimum atomic E-state index is -0.940. The van der Waals surface area contributed by atoms with E-state index in [-0.39, 0.29) is 31.5 Å². The van der Waals surface area contributed by atoms with Crippen LogP contribution in [-0.2, 0) is 16.0 Å². The van der Waals surface area contributed by atoms with Crippen LogP contribution in [0.25, 0.3) is 10.6 Å². The molecule has 0 fully saturated rings. The second-order valence-corrected chi connectivity index (χ2v) is 7.94. The third-order valence-electron chi connectivity index (χ3n) is 4.73. The molecule has 0 saturated heterocycles. The Morgan fingerprint density at radius 1 is 1.33 bits per heavy atom. The van der Waals surface area contributed by atoms with Gasteiger partial charge < -0.3 is 19.9 Å². The van der Waals surface area contributed by atoms with E-state index in [9.17, 15) is 9.59 Å². The number of fused-ring (bicyclic) bond motifs is 1. The van der Waals surface area contributed by atoms with Crippen molar-refractivity contribution in [2.45, 2.75) is 39.2 Å². The molecule has 0 radical (unpaired) electrons. The van der Waals surface area contributed by atoms with Crippen LogP contribution in [0.3, 0.4) is 0 Å². The van der Waals surface area contributed by atoms with Crippen molar-refractivity contribution in [3.8, 4) is 22.1 Å². The van der Waals surface area contributed by atoms with E-state index in [1.54, 1.807) is 6.92 Å². The number of ether oxygens (including phenoxy) is 2. The van der Waals surface area contributed by atoms with E-state index in [1.807, 2.05) is 37.4 Å². The summed E-state index contributed by atoms with van der Waals surface area (Å²) in [5.74, 6) is 0.196. The second-order valence-electron chi connectivity index (χ2n) is 7.08. The third kappa shape index (κ3) is 4.39. The highest BCUT2D eigenvalue weighted by atomic mass is 32.1. The number of carbonyl (C=O) groups is 2. The predicted octanol–water partition coefficient (Wildman–Crippen LogP) is 3.09. The molecule has 27 heavy (non-hydrogen) atoms. The van der Waals surface area contributed by atoms with Crippen molar-refractivity contribution in [2.24, 2.45) is 5.92 Å². The van der Waals surface area contributed by atoms with E-state index in [1.165, 1.54) is 11.3 Å². The number of hydrogen-bond donors (Lipinski definition) is 2. The van der Waals surface area contributed by atoms with Crippen LogP contribution in [0.1, 0.15) is 32.9 Å². The van der Waals surface area contributed by atoms with Gasteiger partial charge in [-0.1, -0.05) is 13.8 Å². The second kappa shape index (κ2) is 7.56. The molecule has 0 aliphatic carbocycles. The number of benzene rings is 1. The summed E-state index contributed by atoms with van der Waals surface area (Å²) in [4.78, 5) is 28.1. The summed E-state index contributed by atoms with van der Waals surface area (Å²) in [7, 11) is 0. The zero-order chi connectivity index (χ0) is 19.6. The number of aliphatic carboxylic acids is 1. The molecule has 2 heterocycles. The van der Waals surface area contributed by atoms with E-state index in [0.29, 0.717) is 17.2 Å². The SMILES string of the molecule is CC(C)C(C)(CC(=O)O)NC(=O)Cc1csc(-c2ccc3c(c2)OCO3)n1. The van der Waals surface area contributed by atoms with Crippen LogP contribution in [0.15, 0.2) is 23.6 Å². The van der Waals surface area contributed by atoms with Crippen LogP contribution < -0.4 is 14.8 Å². The first-order valence-corrected chi connectivity index (χ1v) is 9.52. The van der Waals surface area contributed by atoms with Gasteiger partial charge in [0.2, 0.25) is 12.7 Å². The molecule has 144 valence electrons. The number of nitrogens with one attached hydrogen (secondary N) is 1. The number of aromatic nitrogens is 1. The molecule has 1 amide bonds. The Bertz CT molecular complexity index is 864. The molecule has 0 spiro atoms. The summed E-state index contributed by atoms with van der Waals surface area (Å²) in [6.45, 7) is 5.75. The fourth-order valence-corrected chi connectivity index (χ4v) is 3.60. The Kier molecular flexibility index (Phi) is 5.36. The summed E-state index contributed by atoms with van der Waals surface area (Å²) >= 11 is 1.44. The third-order valence-corrected chi connectivity index (χ3v) is 5.67. The number of hydrogen-bond acceptors (Lipinski definition) is 6. The topological polar surface area (TPSA) is 97.8 Å². The van der Waals surface area contributed by atoms with Gasteiger partial charge in [0, 0.05) is 16.5 Å². The Hall–Kier alpha value is -2.61. The quantitative estimate of drug-likeness (QED) is 0.754. The molecule has 0 saturated carbocycles. The lowest BCUT2D eigenvalue weighted by Gasteiger charge is -2.33. The summed E-state index contributed by atoms with van der Waals surface area (Å²) < 4.78 is 10.7.